The van der Waals surface area contributed by atoms with Gasteiger partial charge in [-0.25, -0.2) is 4.98 Å². The summed E-state index contributed by atoms with van der Waals surface area (Å²) in [6, 6.07) is 14.5. The fourth-order valence-corrected chi connectivity index (χ4v) is 4.62. The van der Waals surface area contributed by atoms with Crippen LogP contribution in [0, 0.1) is 6.92 Å². The van der Waals surface area contributed by atoms with E-state index < -0.39 is 0 Å². The second-order valence-corrected chi connectivity index (χ2v) is 9.01. The van der Waals surface area contributed by atoms with Crippen molar-refractivity contribution in [3.8, 4) is 17.1 Å². The van der Waals surface area contributed by atoms with E-state index in [9.17, 15) is 4.79 Å². The topological polar surface area (TPSA) is 89.4 Å². The number of H-pyrrole nitrogens is 1. The van der Waals surface area contributed by atoms with Gasteiger partial charge in [-0.2, -0.15) is 0 Å². The van der Waals surface area contributed by atoms with Crippen LogP contribution in [0.15, 0.2) is 70.9 Å². The average Bonchev–Trinajstić information content (AvgIpc) is 3.23. The highest BCUT2D eigenvalue weighted by molar-refractivity contribution is 7.98. The number of nitrogens with zero attached hydrogens (tertiary/aromatic N) is 5. The standard InChI is InChI=1S/C23H16Cl2N6OS/c1-13-17(25)3-2-4-19(13)31-21(14-7-9-26-10-8-14)29-30-23(31)33-12-20-27-18-11-15(24)5-6-16(18)22(32)28-20/h2-11H,12H2,1H3,(H,27,28,32). The Labute approximate surface area is 202 Å². The molecule has 0 spiro atoms. The van der Waals surface area contributed by atoms with Crippen molar-refractivity contribution in [3.63, 3.8) is 0 Å². The predicted octanol–water partition coefficient (Wildman–Crippen LogP) is 5.47. The monoisotopic (exact) mass is 494 g/mol. The molecule has 0 aliphatic rings. The van der Waals surface area contributed by atoms with Crippen LogP contribution in [0.25, 0.3) is 28.0 Å². The Morgan fingerprint density at radius 2 is 1.88 bits per heavy atom. The zero-order valence-corrected chi connectivity index (χ0v) is 19.6. The third kappa shape index (κ3) is 4.25. The molecular formula is C23H16Cl2N6OS. The van der Waals surface area contributed by atoms with Crippen molar-refractivity contribution in [3.05, 3.63) is 92.7 Å². The van der Waals surface area contributed by atoms with Crippen LogP contribution in [0.1, 0.15) is 11.4 Å². The number of aromatic nitrogens is 6. The fourth-order valence-electron chi connectivity index (χ4n) is 3.47. The van der Waals surface area contributed by atoms with E-state index in [4.69, 9.17) is 23.2 Å². The molecule has 0 saturated heterocycles. The Hall–Kier alpha value is -3.20. The third-order valence-corrected chi connectivity index (χ3v) is 6.69. The van der Waals surface area contributed by atoms with Crippen molar-refractivity contribution < 1.29 is 0 Å². The number of fused-ring (bicyclic) bond motifs is 1. The molecule has 0 aliphatic carbocycles. The summed E-state index contributed by atoms with van der Waals surface area (Å²) in [5.41, 5.74) is 2.98. The number of hydrogen-bond acceptors (Lipinski definition) is 6. The highest BCUT2D eigenvalue weighted by Gasteiger charge is 2.19. The lowest BCUT2D eigenvalue weighted by Gasteiger charge is -2.13. The molecule has 0 fully saturated rings. The average molecular weight is 495 g/mol. The highest BCUT2D eigenvalue weighted by Crippen LogP contribution is 2.32. The summed E-state index contributed by atoms with van der Waals surface area (Å²) in [6.45, 7) is 1.95. The van der Waals surface area contributed by atoms with E-state index in [-0.39, 0.29) is 5.56 Å². The first-order chi connectivity index (χ1) is 16.0. The molecule has 164 valence electrons. The molecule has 0 saturated carbocycles. The van der Waals surface area contributed by atoms with Gasteiger partial charge in [0.1, 0.15) is 5.82 Å². The Morgan fingerprint density at radius 1 is 1.06 bits per heavy atom. The van der Waals surface area contributed by atoms with E-state index in [1.54, 1.807) is 30.6 Å². The zero-order valence-electron chi connectivity index (χ0n) is 17.3. The minimum Gasteiger partial charge on any atom is -0.309 e. The van der Waals surface area contributed by atoms with Crippen LogP contribution in [-0.4, -0.2) is 29.7 Å². The van der Waals surface area contributed by atoms with Gasteiger partial charge in [-0.05, 0) is 55.0 Å². The summed E-state index contributed by atoms with van der Waals surface area (Å²) in [6.07, 6.45) is 3.42. The van der Waals surface area contributed by atoms with Gasteiger partial charge >= 0.3 is 0 Å². The molecule has 0 bridgehead atoms. The number of nitrogens with one attached hydrogen (secondary N) is 1. The quantitative estimate of drug-likeness (QED) is 0.325. The van der Waals surface area contributed by atoms with Gasteiger partial charge in [0.25, 0.3) is 5.56 Å². The lowest BCUT2D eigenvalue weighted by Crippen LogP contribution is -2.11. The Kier molecular flexibility index (Phi) is 5.88. The Morgan fingerprint density at radius 3 is 2.70 bits per heavy atom. The molecule has 0 radical (unpaired) electrons. The maximum Gasteiger partial charge on any atom is 0.258 e. The maximum absolute atomic E-state index is 12.5. The van der Waals surface area contributed by atoms with Crippen LogP contribution in [0.2, 0.25) is 10.0 Å². The lowest BCUT2D eigenvalue weighted by atomic mass is 10.2. The van der Waals surface area contributed by atoms with Gasteiger partial charge in [-0.15, -0.1) is 10.2 Å². The van der Waals surface area contributed by atoms with Crippen molar-refractivity contribution >= 4 is 45.9 Å². The first-order valence-electron chi connectivity index (χ1n) is 9.94. The van der Waals surface area contributed by atoms with Gasteiger partial charge in [0.2, 0.25) is 0 Å². The number of benzene rings is 2. The number of hydrogen-bond donors (Lipinski definition) is 1. The van der Waals surface area contributed by atoms with Crippen LogP contribution in [0.4, 0.5) is 0 Å². The summed E-state index contributed by atoms with van der Waals surface area (Å²) in [4.78, 5) is 24.0. The maximum atomic E-state index is 12.5. The lowest BCUT2D eigenvalue weighted by molar-refractivity contribution is 0.878. The zero-order chi connectivity index (χ0) is 22.9. The predicted molar refractivity (Wildman–Crippen MR) is 131 cm³/mol. The van der Waals surface area contributed by atoms with Gasteiger partial charge in [0, 0.05) is 28.0 Å². The summed E-state index contributed by atoms with van der Waals surface area (Å²) < 4.78 is 1.96. The van der Waals surface area contributed by atoms with E-state index in [1.165, 1.54) is 11.8 Å². The number of rotatable bonds is 5. The normalized spacial score (nSPS) is 11.2. The third-order valence-electron chi connectivity index (χ3n) is 5.11. The summed E-state index contributed by atoms with van der Waals surface area (Å²) in [7, 11) is 0. The van der Waals surface area contributed by atoms with E-state index in [0.29, 0.717) is 43.5 Å². The Bertz CT molecular complexity index is 1530. The van der Waals surface area contributed by atoms with Crippen LogP contribution in [0.5, 0.6) is 0 Å². The SMILES string of the molecule is Cc1c(Cl)cccc1-n1c(SCc2nc3cc(Cl)ccc3c(=O)[nH]2)nnc1-c1ccncc1. The van der Waals surface area contributed by atoms with E-state index in [2.05, 4.69) is 25.1 Å². The molecule has 33 heavy (non-hydrogen) atoms. The molecule has 5 rings (SSSR count). The number of pyridine rings is 1. The van der Waals surface area contributed by atoms with Gasteiger partial charge in [0.05, 0.1) is 22.3 Å². The van der Waals surface area contributed by atoms with Crippen LogP contribution in [-0.2, 0) is 5.75 Å². The van der Waals surface area contributed by atoms with Crippen molar-refractivity contribution in [2.75, 3.05) is 0 Å². The van der Waals surface area contributed by atoms with Crippen LogP contribution >= 0.6 is 35.0 Å². The molecular weight excluding hydrogens is 479 g/mol. The highest BCUT2D eigenvalue weighted by atomic mass is 35.5. The summed E-state index contributed by atoms with van der Waals surface area (Å²) in [5.74, 6) is 1.56. The number of thioether (sulfide) groups is 1. The van der Waals surface area contributed by atoms with E-state index in [1.807, 2.05) is 41.8 Å². The molecule has 0 amide bonds. The van der Waals surface area contributed by atoms with Crippen molar-refractivity contribution in [2.24, 2.45) is 0 Å². The summed E-state index contributed by atoms with van der Waals surface area (Å²) >= 11 is 13.9. The first kappa shape index (κ1) is 21.6. The Balaban J connectivity index is 1.56. The van der Waals surface area contributed by atoms with Gasteiger partial charge < -0.3 is 4.98 Å². The van der Waals surface area contributed by atoms with Crippen molar-refractivity contribution in [1.82, 2.24) is 29.7 Å². The molecule has 0 aliphatic heterocycles. The van der Waals surface area contributed by atoms with Crippen molar-refractivity contribution in [1.29, 1.82) is 0 Å². The molecule has 3 aromatic heterocycles. The number of halogens is 2. The second kappa shape index (κ2) is 8.97. The van der Waals surface area contributed by atoms with Gasteiger partial charge in [-0.3, -0.25) is 14.3 Å². The minimum atomic E-state index is -0.211. The van der Waals surface area contributed by atoms with Crippen LogP contribution < -0.4 is 5.56 Å². The van der Waals surface area contributed by atoms with Crippen LogP contribution in [0.3, 0.4) is 0 Å². The van der Waals surface area contributed by atoms with Crippen molar-refractivity contribution in [2.45, 2.75) is 17.8 Å². The molecule has 0 unspecified atom stereocenters. The molecule has 7 nitrogen and oxygen atoms in total. The van der Waals surface area contributed by atoms with E-state index >= 15 is 0 Å². The largest absolute Gasteiger partial charge is 0.309 e. The molecule has 10 heteroatoms. The molecule has 3 heterocycles. The molecule has 0 atom stereocenters. The molecule has 2 aromatic carbocycles. The first-order valence-corrected chi connectivity index (χ1v) is 11.7. The smallest absolute Gasteiger partial charge is 0.258 e. The van der Waals surface area contributed by atoms with Gasteiger partial charge in [0.15, 0.2) is 11.0 Å². The van der Waals surface area contributed by atoms with Gasteiger partial charge in [-0.1, -0.05) is 41.0 Å². The second-order valence-electron chi connectivity index (χ2n) is 7.22. The minimum absolute atomic E-state index is 0.211. The van der Waals surface area contributed by atoms with E-state index in [0.717, 1.165) is 16.8 Å². The fraction of sp³-hybridized carbons (Fsp3) is 0.0870. The number of aromatic amines is 1. The molecule has 1 N–H and O–H groups in total. The molecule has 5 aromatic rings. The summed E-state index contributed by atoms with van der Waals surface area (Å²) in [5, 5.41) is 11.2.